The summed E-state index contributed by atoms with van der Waals surface area (Å²) in [6, 6.07) is -0.259. The first-order chi connectivity index (χ1) is 7.27. The number of carbonyl (C=O) groups is 1. The van der Waals surface area contributed by atoms with Crippen LogP contribution < -0.4 is 10.1 Å². The van der Waals surface area contributed by atoms with Gasteiger partial charge in [0.05, 0.1) is 0 Å². The molecule has 4 nitrogen and oxygen atoms in total. The number of thiazole rings is 1. The van der Waals surface area contributed by atoms with Gasteiger partial charge in [0, 0.05) is 24.7 Å². The van der Waals surface area contributed by atoms with Gasteiger partial charge in [0.15, 0.2) is 4.80 Å². The number of urea groups is 1. The normalized spacial score (nSPS) is 11.7. The lowest BCUT2D eigenvalue weighted by atomic mass is 10.3. The van der Waals surface area contributed by atoms with Crippen molar-refractivity contribution in [3.05, 3.63) is 16.4 Å². The van der Waals surface area contributed by atoms with E-state index in [1.54, 1.807) is 0 Å². The second kappa shape index (κ2) is 6.40. The molecule has 0 aliphatic carbocycles. The van der Waals surface area contributed by atoms with Gasteiger partial charge < -0.3 is 9.88 Å². The van der Waals surface area contributed by atoms with E-state index in [1.165, 1.54) is 11.3 Å². The zero-order valence-electron chi connectivity index (χ0n) is 9.19. The molecule has 84 valence electrons. The highest BCUT2D eigenvalue weighted by Crippen LogP contribution is 1.95. The number of carbonyl (C=O) groups excluding carboxylic acids is 1. The Bertz CT molecular complexity index is 367. The van der Waals surface area contributed by atoms with Gasteiger partial charge in [0.1, 0.15) is 0 Å². The molecule has 1 aromatic heterocycles. The summed E-state index contributed by atoms with van der Waals surface area (Å²) >= 11 is 1.49. The van der Waals surface area contributed by atoms with Gasteiger partial charge >= 0.3 is 6.03 Å². The molecule has 1 rings (SSSR count). The third-order valence-electron chi connectivity index (χ3n) is 1.94. The van der Waals surface area contributed by atoms with Crippen molar-refractivity contribution >= 4 is 17.4 Å². The minimum absolute atomic E-state index is 0.259. The number of aryl methyl sites for hydroxylation is 1. The van der Waals surface area contributed by atoms with Crippen molar-refractivity contribution in [2.45, 2.75) is 33.2 Å². The molecule has 0 spiro atoms. The summed E-state index contributed by atoms with van der Waals surface area (Å²) in [6.07, 6.45) is 4.22. The molecule has 5 heteroatoms. The molecular formula is C10H17N3OS. The van der Waals surface area contributed by atoms with Crippen molar-refractivity contribution in [2.75, 3.05) is 6.54 Å². The van der Waals surface area contributed by atoms with E-state index in [9.17, 15) is 4.79 Å². The Hall–Kier alpha value is -1.10. The Morgan fingerprint density at radius 1 is 1.60 bits per heavy atom. The molecule has 0 bridgehead atoms. The maximum absolute atomic E-state index is 11.3. The highest BCUT2D eigenvalue weighted by atomic mass is 32.1. The minimum atomic E-state index is -0.259. The van der Waals surface area contributed by atoms with Crippen LogP contribution >= 0.6 is 11.3 Å². The number of rotatable bonds is 4. The first-order valence-electron chi connectivity index (χ1n) is 5.24. The summed E-state index contributed by atoms with van der Waals surface area (Å²) in [5.74, 6) is 0. The van der Waals surface area contributed by atoms with E-state index in [0.29, 0.717) is 6.54 Å². The molecule has 0 radical (unpaired) electrons. The van der Waals surface area contributed by atoms with Gasteiger partial charge in [-0.05, 0) is 13.3 Å². The fourth-order valence-electron chi connectivity index (χ4n) is 1.16. The average Bonchev–Trinajstić information content (AvgIpc) is 2.63. The molecule has 0 aromatic carbocycles. The fourth-order valence-corrected chi connectivity index (χ4v) is 1.92. The summed E-state index contributed by atoms with van der Waals surface area (Å²) in [4.78, 5) is 16.0. The fraction of sp³-hybridized carbons (Fsp3) is 0.600. The molecule has 15 heavy (non-hydrogen) atoms. The standard InChI is InChI=1S/C10H17N3OS/c1-3-5-6-13-7-8-15-10(13)12-9(14)11-4-2/h7-8H,3-6H2,1-2H3,(H,11,14)/b12-10+. The van der Waals surface area contributed by atoms with E-state index in [0.717, 1.165) is 24.2 Å². The van der Waals surface area contributed by atoms with Crippen molar-refractivity contribution < 1.29 is 4.79 Å². The Kier molecular flexibility index (Phi) is 5.10. The molecule has 1 aromatic rings. The third-order valence-corrected chi connectivity index (χ3v) is 2.73. The number of unbranched alkanes of at least 4 members (excludes halogenated alkanes) is 1. The second-order valence-electron chi connectivity index (χ2n) is 3.18. The zero-order valence-corrected chi connectivity index (χ0v) is 10.0. The smallest absolute Gasteiger partial charge is 0.336 e. The first-order valence-corrected chi connectivity index (χ1v) is 6.12. The van der Waals surface area contributed by atoms with Crippen molar-refractivity contribution in [1.29, 1.82) is 0 Å². The topological polar surface area (TPSA) is 46.4 Å². The monoisotopic (exact) mass is 227 g/mol. The van der Waals surface area contributed by atoms with Gasteiger partial charge in [-0.2, -0.15) is 4.99 Å². The van der Waals surface area contributed by atoms with Crippen molar-refractivity contribution in [2.24, 2.45) is 4.99 Å². The number of nitrogens with one attached hydrogen (secondary N) is 1. The lowest BCUT2D eigenvalue weighted by molar-refractivity contribution is 0.249. The summed E-state index contributed by atoms with van der Waals surface area (Å²) in [5, 5.41) is 4.61. The maximum atomic E-state index is 11.3. The van der Waals surface area contributed by atoms with Crippen LogP contribution in [0.1, 0.15) is 26.7 Å². The molecule has 0 atom stereocenters. The first kappa shape index (κ1) is 12.0. The summed E-state index contributed by atoms with van der Waals surface area (Å²) in [7, 11) is 0. The van der Waals surface area contributed by atoms with E-state index in [-0.39, 0.29) is 6.03 Å². The number of hydrogen-bond donors (Lipinski definition) is 1. The third kappa shape index (κ3) is 3.87. The van der Waals surface area contributed by atoms with Gasteiger partial charge in [0.2, 0.25) is 0 Å². The SMILES string of the molecule is CCCCn1ccs/c1=N/C(=O)NCC. The van der Waals surface area contributed by atoms with Crippen LogP contribution in [-0.4, -0.2) is 17.1 Å². The largest absolute Gasteiger partial charge is 0.343 e. The van der Waals surface area contributed by atoms with E-state index < -0.39 is 0 Å². The van der Waals surface area contributed by atoms with Crippen molar-refractivity contribution in [3.63, 3.8) is 0 Å². The predicted molar refractivity (Wildman–Crippen MR) is 61.9 cm³/mol. The molecule has 1 N–H and O–H groups in total. The number of aromatic nitrogens is 1. The van der Waals surface area contributed by atoms with Crippen molar-refractivity contribution in [3.8, 4) is 0 Å². The highest BCUT2D eigenvalue weighted by molar-refractivity contribution is 7.07. The second-order valence-corrected chi connectivity index (χ2v) is 4.05. The lowest BCUT2D eigenvalue weighted by Gasteiger charge is -2.00. The van der Waals surface area contributed by atoms with Crippen LogP contribution in [0.3, 0.4) is 0 Å². The predicted octanol–water partition coefficient (Wildman–Crippen LogP) is 1.98. The molecule has 0 fully saturated rings. The van der Waals surface area contributed by atoms with Crippen LogP contribution in [0.4, 0.5) is 4.79 Å². The quantitative estimate of drug-likeness (QED) is 0.840. The van der Waals surface area contributed by atoms with Gasteiger partial charge in [-0.15, -0.1) is 11.3 Å². The highest BCUT2D eigenvalue weighted by Gasteiger charge is 1.98. The molecular weight excluding hydrogens is 210 g/mol. The van der Waals surface area contributed by atoms with Crippen LogP contribution in [0, 0.1) is 0 Å². The van der Waals surface area contributed by atoms with Crippen LogP contribution in [0.5, 0.6) is 0 Å². The number of nitrogens with zero attached hydrogens (tertiary/aromatic N) is 2. The molecule has 0 unspecified atom stereocenters. The van der Waals surface area contributed by atoms with E-state index >= 15 is 0 Å². The van der Waals surface area contributed by atoms with Crippen LogP contribution in [0.15, 0.2) is 16.6 Å². The van der Waals surface area contributed by atoms with Gasteiger partial charge in [-0.25, -0.2) is 4.79 Å². The Morgan fingerprint density at radius 2 is 2.40 bits per heavy atom. The molecule has 0 saturated carbocycles. The summed E-state index contributed by atoms with van der Waals surface area (Å²) < 4.78 is 2.02. The van der Waals surface area contributed by atoms with E-state index in [1.807, 2.05) is 23.1 Å². The zero-order chi connectivity index (χ0) is 11.1. The molecule has 2 amide bonds. The molecule has 0 aliphatic rings. The molecule has 0 saturated heterocycles. The maximum Gasteiger partial charge on any atom is 0.343 e. The molecule has 0 aliphatic heterocycles. The van der Waals surface area contributed by atoms with Crippen LogP contribution in [0.2, 0.25) is 0 Å². The summed E-state index contributed by atoms with van der Waals surface area (Å²) in [6.45, 7) is 5.57. The number of hydrogen-bond acceptors (Lipinski definition) is 2. The molecule has 1 heterocycles. The van der Waals surface area contributed by atoms with Crippen molar-refractivity contribution in [1.82, 2.24) is 9.88 Å². The number of amides is 2. The Labute approximate surface area is 93.7 Å². The van der Waals surface area contributed by atoms with E-state index in [4.69, 9.17) is 0 Å². The average molecular weight is 227 g/mol. The van der Waals surface area contributed by atoms with Crippen LogP contribution in [-0.2, 0) is 6.54 Å². The van der Waals surface area contributed by atoms with Crippen LogP contribution in [0.25, 0.3) is 0 Å². The summed E-state index contributed by atoms with van der Waals surface area (Å²) in [5.41, 5.74) is 0. The minimum Gasteiger partial charge on any atom is -0.336 e. The Morgan fingerprint density at radius 3 is 3.07 bits per heavy atom. The lowest BCUT2D eigenvalue weighted by Crippen LogP contribution is -2.24. The van der Waals surface area contributed by atoms with Gasteiger partial charge in [-0.1, -0.05) is 13.3 Å². The van der Waals surface area contributed by atoms with Gasteiger partial charge in [-0.3, -0.25) is 0 Å². The van der Waals surface area contributed by atoms with Gasteiger partial charge in [0.25, 0.3) is 0 Å². The Balaban J connectivity index is 2.75. The van der Waals surface area contributed by atoms with E-state index in [2.05, 4.69) is 17.2 Å².